The molecule has 0 radical (unpaired) electrons. The van der Waals surface area contributed by atoms with Crippen molar-refractivity contribution < 1.29 is 4.39 Å². The SMILES string of the molecule is CC(C)NCC1CCCCN(C)C1c1cc(F)cc(Cl)c1. The summed E-state index contributed by atoms with van der Waals surface area (Å²) in [5.41, 5.74) is 1.000. The Morgan fingerprint density at radius 2 is 2.10 bits per heavy atom. The summed E-state index contributed by atoms with van der Waals surface area (Å²) in [5.74, 6) is 0.239. The fraction of sp³-hybridized carbons (Fsp3) is 0.647. The molecular weight excluding hydrogens is 287 g/mol. The molecule has 1 saturated heterocycles. The summed E-state index contributed by atoms with van der Waals surface area (Å²) in [4.78, 5) is 2.35. The molecule has 1 aliphatic rings. The van der Waals surface area contributed by atoms with Gasteiger partial charge in [0.15, 0.2) is 0 Å². The maximum Gasteiger partial charge on any atom is 0.125 e. The van der Waals surface area contributed by atoms with Gasteiger partial charge in [0, 0.05) is 23.7 Å². The van der Waals surface area contributed by atoms with Crippen molar-refractivity contribution in [3.8, 4) is 0 Å². The van der Waals surface area contributed by atoms with E-state index in [-0.39, 0.29) is 11.9 Å². The van der Waals surface area contributed by atoms with Gasteiger partial charge in [-0.25, -0.2) is 4.39 Å². The quantitative estimate of drug-likeness (QED) is 0.894. The van der Waals surface area contributed by atoms with Crippen molar-refractivity contribution in [2.24, 2.45) is 5.92 Å². The van der Waals surface area contributed by atoms with Crippen LogP contribution >= 0.6 is 11.6 Å². The summed E-state index contributed by atoms with van der Waals surface area (Å²) in [6, 6.07) is 5.63. The molecule has 2 unspecified atom stereocenters. The fourth-order valence-electron chi connectivity index (χ4n) is 3.30. The monoisotopic (exact) mass is 312 g/mol. The van der Waals surface area contributed by atoms with E-state index in [2.05, 4.69) is 31.1 Å². The Kier molecular flexibility index (Phi) is 6.03. The van der Waals surface area contributed by atoms with E-state index >= 15 is 0 Å². The number of nitrogens with one attached hydrogen (secondary N) is 1. The van der Waals surface area contributed by atoms with Crippen molar-refractivity contribution in [3.63, 3.8) is 0 Å². The first kappa shape index (κ1) is 16.7. The van der Waals surface area contributed by atoms with Crippen LogP contribution in [0.4, 0.5) is 4.39 Å². The summed E-state index contributed by atoms with van der Waals surface area (Å²) in [6.07, 6.45) is 3.60. The van der Waals surface area contributed by atoms with Crippen LogP contribution in [-0.4, -0.2) is 31.1 Å². The number of rotatable bonds is 4. The highest BCUT2D eigenvalue weighted by Gasteiger charge is 2.29. The predicted molar refractivity (Wildman–Crippen MR) is 87.3 cm³/mol. The molecule has 0 aliphatic carbocycles. The highest BCUT2D eigenvalue weighted by atomic mass is 35.5. The topological polar surface area (TPSA) is 15.3 Å². The zero-order valence-corrected chi connectivity index (χ0v) is 14.0. The summed E-state index contributed by atoms with van der Waals surface area (Å²) in [6.45, 7) is 6.33. The lowest BCUT2D eigenvalue weighted by Gasteiger charge is -2.33. The second-order valence-corrected chi connectivity index (χ2v) is 6.88. The van der Waals surface area contributed by atoms with Crippen LogP contribution in [0, 0.1) is 11.7 Å². The lowest BCUT2D eigenvalue weighted by Crippen LogP contribution is -2.37. The van der Waals surface area contributed by atoms with Crippen molar-refractivity contribution in [2.75, 3.05) is 20.1 Å². The molecule has 1 aromatic rings. The Morgan fingerprint density at radius 3 is 2.76 bits per heavy atom. The molecule has 0 bridgehead atoms. The molecule has 4 heteroatoms. The van der Waals surface area contributed by atoms with Gasteiger partial charge in [-0.05, 0) is 56.1 Å². The minimum absolute atomic E-state index is 0.229. The minimum Gasteiger partial charge on any atom is -0.314 e. The number of hydrogen-bond donors (Lipinski definition) is 1. The average molecular weight is 313 g/mol. The number of likely N-dealkylation sites (tertiary alicyclic amines) is 1. The third-order valence-electron chi connectivity index (χ3n) is 4.27. The first-order valence-electron chi connectivity index (χ1n) is 7.87. The predicted octanol–water partition coefficient (Wildman–Crippen LogP) is 4.25. The van der Waals surface area contributed by atoms with Gasteiger partial charge in [0.05, 0.1) is 0 Å². The number of nitrogens with zero attached hydrogens (tertiary/aromatic N) is 1. The Labute approximate surface area is 132 Å². The van der Waals surface area contributed by atoms with Gasteiger partial charge in [-0.15, -0.1) is 0 Å². The van der Waals surface area contributed by atoms with Crippen LogP contribution in [0.5, 0.6) is 0 Å². The van der Waals surface area contributed by atoms with Gasteiger partial charge in [0.1, 0.15) is 5.82 Å². The van der Waals surface area contributed by atoms with Gasteiger partial charge >= 0.3 is 0 Å². The summed E-state index contributed by atoms with van der Waals surface area (Å²) >= 11 is 6.06. The van der Waals surface area contributed by atoms with E-state index in [0.717, 1.165) is 18.7 Å². The molecular formula is C17H26ClFN2. The Hall–Kier alpha value is -0.640. The Balaban J connectivity index is 2.27. The van der Waals surface area contributed by atoms with Crippen molar-refractivity contribution in [3.05, 3.63) is 34.6 Å². The molecule has 1 N–H and O–H groups in total. The van der Waals surface area contributed by atoms with E-state index in [1.807, 2.05) is 6.07 Å². The molecule has 1 aliphatic heterocycles. The smallest absolute Gasteiger partial charge is 0.125 e. The van der Waals surface area contributed by atoms with E-state index < -0.39 is 0 Å². The molecule has 0 amide bonds. The second kappa shape index (κ2) is 7.57. The molecule has 2 rings (SSSR count). The highest BCUT2D eigenvalue weighted by molar-refractivity contribution is 6.30. The van der Waals surface area contributed by atoms with Gasteiger partial charge in [-0.3, -0.25) is 4.90 Å². The fourth-order valence-corrected chi connectivity index (χ4v) is 3.53. The van der Waals surface area contributed by atoms with Crippen molar-refractivity contribution >= 4 is 11.6 Å². The third-order valence-corrected chi connectivity index (χ3v) is 4.49. The maximum absolute atomic E-state index is 13.7. The molecule has 2 atom stereocenters. The molecule has 1 aromatic carbocycles. The molecule has 0 spiro atoms. The van der Waals surface area contributed by atoms with Crippen molar-refractivity contribution in [1.29, 1.82) is 0 Å². The molecule has 1 heterocycles. The lowest BCUT2D eigenvalue weighted by atomic mass is 9.89. The summed E-state index contributed by atoms with van der Waals surface area (Å²) < 4.78 is 13.7. The van der Waals surface area contributed by atoms with Crippen molar-refractivity contribution in [2.45, 2.75) is 45.2 Å². The first-order valence-corrected chi connectivity index (χ1v) is 8.25. The van der Waals surface area contributed by atoms with Crippen molar-refractivity contribution in [1.82, 2.24) is 10.2 Å². The normalized spacial score (nSPS) is 24.3. The van der Waals surface area contributed by atoms with Gasteiger partial charge in [0.25, 0.3) is 0 Å². The van der Waals surface area contributed by atoms with Crippen LogP contribution < -0.4 is 5.32 Å². The Morgan fingerprint density at radius 1 is 1.33 bits per heavy atom. The number of benzene rings is 1. The van der Waals surface area contributed by atoms with Gasteiger partial charge in [-0.2, -0.15) is 0 Å². The highest BCUT2D eigenvalue weighted by Crippen LogP contribution is 2.35. The van der Waals surface area contributed by atoms with Crippen LogP contribution in [0.25, 0.3) is 0 Å². The molecule has 1 fully saturated rings. The zero-order chi connectivity index (χ0) is 15.4. The molecule has 21 heavy (non-hydrogen) atoms. The third kappa shape index (κ3) is 4.67. The Bertz CT molecular complexity index is 444. The van der Waals surface area contributed by atoms with Gasteiger partial charge in [0.2, 0.25) is 0 Å². The van der Waals surface area contributed by atoms with E-state index in [4.69, 9.17) is 11.6 Å². The van der Waals surface area contributed by atoms with E-state index in [1.54, 1.807) is 6.07 Å². The molecule has 0 aromatic heterocycles. The van der Waals surface area contributed by atoms with E-state index in [1.165, 1.54) is 25.3 Å². The van der Waals surface area contributed by atoms with E-state index in [0.29, 0.717) is 17.0 Å². The van der Waals surface area contributed by atoms with Crippen LogP contribution in [0.15, 0.2) is 18.2 Å². The van der Waals surface area contributed by atoms with Gasteiger partial charge in [-0.1, -0.05) is 31.9 Å². The largest absolute Gasteiger partial charge is 0.314 e. The van der Waals surface area contributed by atoms with Crippen LogP contribution in [-0.2, 0) is 0 Å². The first-order chi connectivity index (χ1) is 9.97. The maximum atomic E-state index is 13.7. The number of halogens is 2. The standard InChI is InChI=1S/C17H26ClFN2/c1-12(2)20-11-13-6-4-5-7-21(3)17(13)14-8-15(18)10-16(19)9-14/h8-10,12-13,17,20H,4-7,11H2,1-3H3. The van der Waals surface area contributed by atoms with Crippen LogP contribution in [0.2, 0.25) is 5.02 Å². The second-order valence-electron chi connectivity index (χ2n) is 6.45. The molecule has 2 nitrogen and oxygen atoms in total. The molecule has 0 saturated carbocycles. The zero-order valence-electron chi connectivity index (χ0n) is 13.2. The number of hydrogen-bond acceptors (Lipinski definition) is 2. The van der Waals surface area contributed by atoms with E-state index in [9.17, 15) is 4.39 Å². The van der Waals surface area contributed by atoms with Crippen LogP contribution in [0.1, 0.15) is 44.7 Å². The van der Waals surface area contributed by atoms with Gasteiger partial charge < -0.3 is 5.32 Å². The van der Waals surface area contributed by atoms with Crippen LogP contribution in [0.3, 0.4) is 0 Å². The summed E-state index contributed by atoms with van der Waals surface area (Å²) in [5, 5.41) is 4.02. The summed E-state index contributed by atoms with van der Waals surface area (Å²) in [7, 11) is 2.14. The average Bonchev–Trinajstić information content (AvgIpc) is 2.56. The lowest BCUT2D eigenvalue weighted by molar-refractivity contribution is 0.187. The molecule has 118 valence electrons. The minimum atomic E-state index is -0.245.